The number of likely N-dealkylation sites (tertiary alicyclic amines) is 1. The standard InChI is InChI=1S/C45H46F3N7O5/c1-26-17-44(25-54(26)33-16-36(45(46,47)48)37(18-49)50-19-33)12-10-28(11-13-44)3-2-27-4-6-30(7-5-27)41(58)53-21-29(22-53)20-52-23-31-14-34-35(15-32(31)24-52)43(60)55(42(34)59)38-8-9-39(56)51-40(38)57/h4-7,14-16,19,26,28-29,38H,2-3,8-13,17,20-25H2,1H3,(H,51,56,57)/t26-,28?,38?,44?/m0/s1. The molecular formula is C45H46F3N7O5. The number of nitriles is 1. The van der Waals surface area contributed by atoms with Crippen molar-refractivity contribution in [1.82, 2.24) is 25.0 Å². The van der Waals surface area contributed by atoms with Crippen molar-refractivity contribution >= 4 is 35.2 Å². The van der Waals surface area contributed by atoms with Gasteiger partial charge in [-0.3, -0.25) is 39.1 Å². The molecule has 5 amide bonds. The average Bonchev–Trinajstić information content (AvgIpc) is 3.84. The lowest BCUT2D eigenvalue weighted by atomic mass is 9.68. The van der Waals surface area contributed by atoms with Gasteiger partial charge in [-0.25, -0.2) is 4.98 Å². The quantitative estimate of drug-likeness (QED) is 0.276. The van der Waals surface area contributed by atoms with Crippen LogP contribution in [-0.2, 0) is 35.3 Å². The molecule has 3 saturated heterocycles. The zero-order valence-corrected chi connectivity index (χ0v) is 33.4. The van der Waals surface area contributed by atoms with Crippen LogP contribution >= 0.6 is 0 Å². The lowest BCUT2D eigenvalue weighted by Crippen LogP contribution is -2.54. The van der Waals surface area contributed by atoms with Crippen molar-refractivity contribution < 1.29 is 37.1 Å². The zero-order valence-electron chi connectivity index (χ0n) is 33.4. The van der Waals surface area contributed by atoms with Gasteiger partial charge in [0.1, 0.15) is 12.1 Å². The first-order valence-corrected chi connectivity index (χ1v) is 20.9. The van der Waals surface area contributed by atoms with Crippen LogP contribution in [0.4, 0.5) is 18.9 Å². The molecule has 12 nitrogen and oxygen atoms in total. The van der Waals surface area contributed by atoms with Gasteiger partial charge >= 0.3 is 6.18 Å². The summed E-state index contributed by atoms with van der Waals surface area (Å²) in [5, 5.41) is 11.4. The summed E-state index contributed by atoms with van der Waals surface area (Å²) < 4.78 is 40.9. The topological polar surface area (TPSA) is 147 Å². The lowest BCUT2D eigenvalue weighted by molar-refractivity contribution is -0.138. The molecule has 312 valence electrons. The lowest BCUT2D eigenvalue weighted by Gasteiger charge is -2.41. The number of alkyl halides is 3. The second kappa shape index (κ2) is 15.1. The fourth-order valence-corrected chi connectivity index (χ4v) is 10.7. The Balaban J connectivity index is 0.714. The first-order valence-electron chi connectivity index (χ1n) is 20.9. The third-order valence-electron chi connectivity index (χ3n) is 13.9. The first-order chi connectivity index (χ1) is 28.7. The molecule has 15 heteroatoms. The number of pyridine rings is 1. The Bertz CT molecular complexity index is 2280. The number of nitrogens with zero attached hydrogens (tertiary/aromatic N) is 6. The molecule has 0 radical (unpaired) electrons. The summed E-state index contributed by atoms with van der Waals surface area (Å²) in [4.78, 5) is 74.9. The van der Waals surface area contributed by atoms with Gasteiger partial charge in [0.25, 0.3) is 17.7 Å². The van der Waals surface area contributed by atoms with Gasteiger partial charge in [0.05, 0.1) is 28.6 Å². The molecule has 9 rings (SSSR count). The maximum absolute atomic E-state index is 13.6. The predicted octanol–water partition coefficient (Wildman–Crippen LogP) is 5.87. The van der Waals surface area contributed by atoms with E-state index in [1.807, 2.05) is 34.1 Å². The number of aromatic nitrogens is 1. The number of aryl methyl sites for hydroxylation is 1. The molecule has 2 aromatic carbocycles. The number of hydrogen-bond donors (Lipinski definition) is 1. The summed E-state index contributed by atoms with van der Waals surface area (Å²) in [6.45, 7) is 6.08. The van der Waals surface area contributed by atoms with E-state index in [-0.39, 0.29) is 30.2 Å². The number of piperidine rings is 1. The van der Waals surface area contributed by atoms with E-state index < -0.39 is 47.1 Å². The monoisotopic (exact) mass is 821 g/mol. The number of hydrogen-bond acceptors (Lipinski definition) is 9. The maximum atomic E-state index is 13.6. The highest BCUT2D eigenvalue weighted by molar-refractivity contribution is 6.23. The van der Waals surface area contributed by atoms with Crippen LogP contribution in [0.5, 0.6) is 0 Å². The number of imide groups is 2. The highest BCUT2D eigenvalue weighted by Gasteiger charge is 2.47. The van der Waals surface area contributed by atoms with Crippen molar-refractivity contribution in [2.75, 3.05) is 31.1 Å². The second-order valence-corrected chi connectivity index (χ2v) is 17.9. The van der Waals surface area contributed by atoms with Crippen molar-refractivity contribution in [3.8, 4) is 6.07 Å². The van der Waals surface area contributed by atoms with E-state index >= 15 is 0 Å². The fraction of sp³-hybridized carbons (Fsp3) is 0.489. The second-order valence-electron chi connectivity index (χ2n) is 17.9. The van der Waals surface area contributed by atoms with Gasteiger partial charge in [-0.2, -0.15) is 18.4 Å². The molecule has 1 aliphatic carbocycles. The third kappa shape index (κ3) is 7.33. The van der Waals surface area contributed by atoms with Crippen LogP contribution in [0.25, 0.3) is 0 Å². The summed E-state index contributed by atoms with van der Waals surface area (Å²) in [7, 11) is 0. The number of nitrogens with one attached hydrogen (secondary N) is 1. The molecule has 0 bridgehead atoms. The van der Waals surface area contributed by atoms with Crippen LogP contribution in [-0.4, -0.2) is 87.5 Å². The molecule has 4 fully saturated rings. The summed E-state index contributed by atoms with van der Waals surface area (Å²) in [6.07, 6.45) is 4.03. The summed E-state index contributed by atoms with van der Waals surface area (Å²) in [6, 6.07) is 13.2. The van der Waals surface area contributed by atoms with Crippen LogP contribution in [0, 0.1) is 28.6 Å². The Labute approximate surface area is 345 Å². The molecule has 60 heavy (non-hydrogen) atoms. The first kappa shape index (κ1) is 39.8. The van der Waals surface area contributed by atoms with Crippen molar-refractivity contribution in [2.24, 2.45) is 17.3 Å². The van der Waals surface area contributed by atoms with Crippen molar-refractivity contribution in [2.45, 2.75) is 96.1 Å². The van der Waals surface area contributed by atoms with E-state index in [9.17, 15) is 37.1 Å². The Hall–Kier alpha value is -5.62. The molecule has 6 heterocycles. The highest BCUT2D eigenvalue weighted by Crippen LogP contribution is 2.50. The molecule has 2 atom stereocenters. The number of fused-ring (bicyclic) bond motifs is 2. The number of halogens is 3. The number of benzene rings is 2. The van der Waals surface area contributed by atoms with E-state index in [0.29, 0.717) is 66.9 Å². The minimum atomic E-state index is -4.64. The normalized spacial score (nSPS) is 25.7. The SMILES string of the molecule is C[C@H]1CC2(CCC(CCc3ccc(C(=O)N4CC(CN5Cc6cc7c(cc6C5)C(=O)N(C5CCC(=O)NC5=O)C7=O)C4)cc3)CC2)CN1c1cnc(C#N)c(C(F)(F)F)c1. The fourth-order valence-electron chi connectivity index (χ4n) is 10.7. The Morgan fingerprint density at radius 3 is 2.23 bits per heavy atom. The largest absolute Gasteiger partial charge is 0.419 e. The maximum Gasteiger partial charge on any atom is 0.419 e. The molecule has 1 aromatic heterocycles. The van der Waals surface area contributed by atoms with Crippen LogP contribution < -0.4 is 10.2 Å². The molecule has 1 N–H and O–H groups in total. The number of rotatable bonds is 8. The Morgan fingerprint density at radius 2 is 1.62 bits per heavy atom. The summed E-state index contributed by atoms with van der Waals surface area (Å²) >= 11 is 0. The van der Waals surface area contributed by atoms with Gasteiger partial charge in [-0.05, 0) is 117 Å². The van der Waals surface area contributed by atoms with E-state index in [2.05, 4.69) is 22.1 Å². The minimum Gasteiger partial charge on any atom is -0.367 e. The molecule has 1 saturated carbocycles. The number of carbonyl (C=O) groups excluding carboxylic acids is 5. The van der Waals surface area contributed by atoms with Crippen molar-refractivity contribution in [3.05, 3.63) is 93.3 Å². The van der Waals surface area contributed by atoms with Crippen LogP contribution in [0.2, 0.25) is 0 Å². The summed E-state index contributed by atoms with van der Waals surface area (Å²) in [5.74, 6) is -1.15. The van der Waals surface area contributed by atoms with Crippen molar-refractivity contribution in [3.63, 3.8) is 0 Å². The van der Waals surface area contributed by atoms with Crippen LogP contribution in [0.15, 0.2) is 48.7 Å². The number of anilines is 1. The predicted molar refractivity (Wildman–Crippen MR) is 211 cm³/mol. The van der Waals surface area contributed by atoms with Gasteiger partial charge in [0.15, 0.2) is 5.69 Å². The van der Waals surface area contributed by atoms with Crippen molar-refractivity contribution in [1.29, 1.82) is 5.26 Å². The minimum absolute atomic E-state index is 0.0142. The van der Waals surface area contributed by atoms with E-state index in [1.54, 1.807) is 18.2 Å². The molecule has 1 spiro atoms. The van der Waals surface area contributed by atoms with E-state index in [4.69, 9.17) is 5.26 Å². The zero-order chi connectivity index (χ0) is 42.1. The smallest absolute Gasteiger partial charge is 0.367 e. The Morgan fingerprint density at radius 1 is 0.950 bits per heavy atom. The molecule has 6 aliphatic rings. The number of amides is 5. The molecule has 3 aromatic rings. The third-order valence-corrected chi connectivity index (χ3v) is 13.9. The summed E-state index contributed by atoms with van der Waals surface area (Å²) in [5.41, 5.74) is 3.30. The van der Waals surface area contributed by atoms with Crippen LogP contribution in [0.1, 0.15) is 117 Å². The van der Waals surface area contributed by atoms with Gasteiger partial charge in [-0.15, -0.1) is 0 Å². The van der Waals surface area contributed by atoms with Gasteiger partial charge in [0, 0.05) is 63.2 Å². The van der Waals surface area contributed by atoms with Gasteiger partial charge in [0.2, 0.25) is 11.8 Å². The molecule has 5 aliphatic heterocycles. The van der Waals surface area contributed by atoms with Crippen LogP contribution in [0.3, 0.4) is 0 Å². The van der Waals surface area contributed by atoms with E-state index in [0.717, 1.165) is 73.6 Å². The average molecular weight is 822 g/mol. The number of carbonyl (C=O) groups is 5. The van der Waals surface area contributed by atoms with Gasteiger partial charge in [-0.1, -0.05) is 12.1 Å². The molecular weight excluding hydrogens is 776 g/mol. The van der Waals surface area contributed by atoms with Gasteiger partial charge < -0.3 is 9.80 Å². The Kier molecular flexibility index (Phi) is 10.0. The molecule has 1 unspecified atom stereocenters. The highest BCUT2D eigenvalue weighted by atomic mass is 19.4. The van der Waals surface area contributed by atoms with E-state index in [1.165, 1.54) is 11.8 Å².